The standard InChI is InChI=1S/C14H14ClNO4S2/c1-9-6-12(22(16,19)20)4-5-13(9)14-7-11(15)3-2-10(14)8-21(17)18/h2-7H,8H2,1H3,(H,17,18)(H2,16,19,20). The van der Waals surface area contributed by atoms with Crippen LogP contribution >= 0.6 is 11.6 Å². The van der Waals surface area contributed by atoms with Gasteiger partial charge in [-0.05, 0) is 53.4 Å². The molecular weight excluding hydrogens is 346 g/mol. The van der Waals surface area contributed by atoms with Crippen LogP contribution in [-0.2, 0) is 26.9 Å². The molecule has 0 heterocycles. The molecule has 2 aromatic rings. The number of rotatable bonds is 4. The first-order valence-electron chi connectivity index (χ1n) is 6.18. The van der Waals surface area contributed by atoms with Crippen molar-refractivity contribution in [3.8, 4) is 11.1 Å². The Hall–Kier alpha value is -1.25. The second-order valence-corrected chi connectivity index (χ2v) is 7.72. The summed E-state index contributed by atoms with van der Waals surface area (Å²) in [5, 5.41) is 5.60. The monoisotopic (exact) mass is 359 g/mol. The molecule has 0 fully saturated rings. The fourth-order valence-electron chi connectivity index (χ4n) is 2.17. The third kappa shape index (κ3) is 3.93. The molecule has 0 aliphatic carbocycles. The smallest absolute Gasteiger partial charge is 0.238 e. The highest BCUT2D eigenvalue weighted by molar-refractivity contribution is 7.89. The van der Waals surface area contributed by atoms with Gasteiger partial charge in [0.15, 0.2) is 11.1 Å². The van der Waals surface area contributed by atoms with Crippen LogP contribution in [0.3, 0.4) is 0 Å². The first kappa shape index (κ1) is 17.1. The third-order valence-corrected chi connectivity index (χ3v) is 4.87. The molecule has 2 aromatic carbocycles. The van der Waals surface area contributed by atoms with E-state index < -0.39 is 21.1 Å². The van der Waals surface area contributed by atoms with Crippen molar-refractivity contribution in [3.05, 3.63) is 52.5 Å². The van der Waals surface area contributed by atoms with E-state index in [1.54, 1.807) is 31.2 Å². The summed E-state index contributed by atoms with van der Waals surface area (Å²) >= 11 is 4.01. The van der Waals surface area contributed by atoms with E-state index in [-0.39, 0.29) is 10.6 Å². The Kier molecular flexibility index (Phi) is 5.03. The van der Waals surface area contributed by atoms with Gasteiger partial charge in [-0.1, -0.05) is 23.7 Å². The lowest BCUT2D eigenvalue weighted by Crippen LogP contribution is -2.12. The molecule has 0 aliphatic rings. The zero-order valence-electron chi connectivity index (χ0n) is 11.6. The molecule has 0 radical (unpaired) electrons. The fourth-order valence-corrected chi connectivity index (χ4v) is 3.46. The van der Waals surface area contributed by atoms with Crippen molar-refractivity contribution in [3.63, 3.8) is 0 Å². The number of sulfonamides is 1. The number of primary sulfonamides is 1. The Bertz CT molecular complexity index is 850. The van der Waals surface area contributed by atoms with Gasteiger partial charge in [0.05, 0.1) is 10.6 Å². The molecule has 0 bridgehead atoms. The molecule has 3 N–H and O–H groups in total. The van der Waals surface area contributed by atoms with E-state index in [9.17, 15) is 12.6 Å². The SMILES string of the molecule is Cc1cc(S(N)(=O)=O)ccc1-c1cc(Cl)ccc1CS(=O)O. The topological polar surface area (TPSA) is 97.5 Å². The van der Waals surface area contributed by atoms with Gasteiger partial charge in [0.25, 0.3) is 0 Å². The zero-order chi connectivity index (χ0) is 16.5. The molecule has 1 atom stereocenters. The molecule has 118 valence electrons. The highest BCUT2D eigenvalue weighted by atomic mass is 35.5. The average Bonchev–Trinajstić information content (AvgIpc) is 2.39. The quantitative estimate of drug-likeness (QED) is 0.820. The van der Waals surface area contributed by atoms with E-state index in [0.717, 1.165) is 5.56 Å². The predicted molar refractivity (Wildman–Crippen MR) is 87.5 cm³/mol. The number of benzene rings is 2. The number of hydrogen-bond acceptors (Lipinski definition) is 3. The van der Waals surface area contributed by atoms with Crippen LogP contribution < -0.4 is 5.14 Å². The minimum absolute atomic E-state index is 0.0167. The molecule has 0 spiro atoms. The van der Waals surface area contributed by atoms with Gasteiger partial charge in [0, 0.05) is 5.02 Å². The highest BCUT2D eigenvalue weighted by Crippen LogP contribution is 2.31. The Morgan fingerprint density at radius 2 is 1.86 bits per heavy atom. The second-order valence-electron chi connectivity index (χ2n) is 4.79. The van der Waals surface area contributed by atoms with Gasteiger partial charge in [0.2, 0.25) is 10.0 Å². The summed E-state index contributed by atoms with van der Waals surface area (Å²) < 4.78 is 43.0. The number of nitrogens with two attached hydrogens (primary N) is 1. The first-order chi connectivity index (χ1) is 10.2. The van der Waals surface area contributed by atoms with Gasteiger partial charge in [-0.15, -0.1) is 0 Å². The van der Waals surface area contributed by atoms with Gasteiger partial charge in [-0.25, -0.2) is 17.8 Å². The lowest BCUT2D eigenvalue weighted by molar-refractivity contribution is 0.563. The number of halogens is 1. The fraction of sp³-hybridized carbons (Fsp3) is 0.143. The Morgan fingerprint density at radius 1 is 1.18 bits per heavy atom. The van der Waals surface area contributed by atoms with E-state index >= 15 is 0 Å². The van der Waals surface area contributed by atoms with Crippen molar-refractivity contribution < 1.29 is 17.2 Å². The van der Waals surface area contributed by atoms with Crippen molar-refractivity contribution in [2.24, 2.45) is 5.14 Å². The van der Waals surface area contributed by atoms with Crippen molar-refractivity contribution in [1.29, 1.82) is 0 Å². The predicted octanol–water partition coefficient (Wildman–Crippen LogP) is 2.68. The van der Waals surface area contributed by atoms with Crippen molar-refractivity contribution in [2.45, 2.75) is 17.6 Å². The van der Waals surface area contributed by atoms with E-state index in [4.69, 9.17) is 21.3 Å². The summed E-state index contributed by atoms with van der Waals surface area (Å²) in [5.74, 6) is -0.0388. The van der Waals surface area contributed by atoms with Gasteiger partial charge in [0.1, 0.15) is 0 Å². The molecule has 5 nitrogen and oxygen atoms in total. The summed E-state index contributed by atoms with van der Waals surface area (Å²) in [6.07, 6.45) is 0. The van der Waals surface area contributed by atoms with Crippen molar-refractivity contribution in [2.75, 3.05) is 0 Å². The summed E-state index contributed by atoms with van der Waals surface area (Å²) in [6.45, 7) is 1.74. The Labute approximate surface area is 136 Å². The Morgan fingerprint density at radius 3 is 2.41 bits per heavy atom. The van der Waals surface area contributed by atoms with Crippen LogP contribution in [0.25, 0.3) is 11.1 Å². The van der Waals surface area contributed by atoms with Crippen LogP contribution in [0.15, 0.2) is 41.3 Å². The zero-order valence-corrected chi connectivity index (χ0v) is 14.0. The van der Waals surface area contributed by atoms with Crippen LogP contribution in [0.5, 0.6) is 0 Å². The van der Waals surface area contributed by atoms with Gasteiger partial charge in [-0.2, -0.15) is 0 Å². The average molecular weight is 360 g/mol. The molecule has 0 aliphatic heterocycles. The summed E-state index contributed by atoms with van der Waals surface area (Å²) in [5.41, 5.74) is 2.75. The van der Waals surface area contributed by atoms with Crippen LogP contribution in [-0.4, -0.2) is 17.2 Å². The van der Waals surface area contributed by atoms with Crippen LogP contribution in [0.2, 0.25) is 5.02 Å². The normalized spacial score (nSPS) is 13.1. The van der Waals surface area contributed by atoms with E-state index in [2.05, 4.69) is 0 Å². The van der Waals surface area contributed by atoms with Crippen LogP contribution in [0.1, 0.15) is 11.1 Å². The summed E-state index contributed by atoms with van der Waals surface area (Å²) in [7, 11) is -3.78. The van der Waals surface area contributed by atoms with Crippen molar-refractivity contribution in [1.82, 2.24) is 0 Å². The molecular formula is C14H14ClNO4S2. The molecule has 22 heavy (non-hydrogen) atoms. The maximum Gasteiger partial charge on any atom is 0.238 e. The van der Waals surface area contributed by atoms with Gasteiger partial charge >= 0.3 is 0 Å². The maximum absolute atomic E-state index is 11.4. The largest absolute Gasteiger partial charge is 0.306 e. The maximum atomic E-state index is 11.4. The molecule has 0 aromatic heterocycles. The van der Waals surface area contributed by atoms with Gasteiger partial charge < -0.3 is 4.55 Å². The summed E-state index contributed by atoms with van der Waals surface area (Å²) in [6, 6.07) is 9.48. The van der Waals surface area contributed by atoms with E-state index in [0.29, 0.717) is 21.7 Å². The van der Waals surface area contributed by atoms with Crippen LogP contribution in [0, 0.1) is 6.92 Å². The highest BCUT2D eigenvalue weighted by Gasteiger charge is 2.14. The molecule has 8 heteroatoms. The van der Waals surface area contributed by atoms with E-state index in [1.807, 2.05) is 0 Å². The molecule has 2 rings (SSSR count). The van der Waals surface area contributed by atoms with Gasteiger partial charge in [-0.3, -0.25) is 0 Å². The van der Waals surface area contributed by atoms with E-state index in [1.165, 1.54) is 12.1 Å². The van der Waals surface area contributed by atoms with Crippen molar-refractivity contribution >= 4 is 32.7 Å². The first-order valence-corrected chi connectivity index (χ1v) is 9.38. The van der Waals surface area contributed by atoms with Crippen LogP contribution in [0.4, 0.5) is 0 Å². The minimum atomic E-state index is -3.78. The lowest BCUT2D eigenvalue weighted by Gasteiger charge is -2.12. The molecule has 0 amide bonds. The lowest BCUT2D eigenvalue weighted by atomic mass is 9.97. The number of aryl methyl sites for hydroxylation is 1. The molecule has 1 unspecified atom stereocenters. The third-order valence-electron chi connectivity index (χ3n) is 3.17. The molecule has 0 saturated carbocycles. The number of hydrogen-bond donors (Lipinski definition) is 2. The Balaban J connectivity index is 2.61. The minimum Gasteiger partial charge on any atom is -0.306 e. The summed E-state index contributed by atoms with van der Waals surface area (Å²) in [4.78, 5) is 0.0167. The molecule has 0 saturated heterocycles. The second kappa shape index (κ2) is 6.47.